The highest BCUT2D eigenvalue weighted by molar-refractivity contribution is 7.92. The van der Waals surface area contributed by atoms with Crippen molar-refractivity contribution in [1.29, 1.82) is 0 Å². The number of nitrogens with zero attached hydrogens (tertiary/aromatic N) is 3. The number of hydrogen-bond acceptors (Lipinski definition) is 4. The smallest absolute Gasteiger partial charge is 0.243 e. The average Bonchev–Trinajstić information content (AvgIpc) is 2.72. The van der Waals surface area contributed by atoms with Gasteiger partial charge in [0.25, 0.3) is 0 Å². The number of carbonyl (C=O) groups excluding carboxylic acids is 1. The Morgan fingerprint density at radius 2 is 1.77 bits per heavy atom. The second-order valence-corrected chi connectivity index (χ2v) is 9.15. The maximum atomic E-state index is 13.5. The van der Waals surface area contributed by atoms with Gasteiger partial charge < -0.3 is 4.90 Å². The Labute approximate surface area is 177 Å². The lowest BCUT2D eigenvalue weighted by atomic mass is 10.2. The van der Waals surface area contributed by atoms with Crippen molar-refractivity contribution in [2.45, 2.75) is 0 Å². The first-order valence-corrected chi connectivity index (χ1v) is 11.6. The number of rotatable bonds is 7. The zero-order valence-corrected chi connectivity index (χ0v) is 17.8. The molecule has 2 aromatic rings. The minimum absolute atomic E-state index is 0.149. The monoisotopic (exact) mass is 431 g/mol. The molecule has 0 aromatic heterocycles. The fraction of sp³-hybridized carbons (Fsp3) is 0.318. The van der Waals surface area contributed by atoms with Crippen molar-refractivity contribution in [2.24, 2.45) is 0 Å². The summed E-state index contributed by atoms with van der Waals surface area (Å²) in [6, 6.07) is 15.3. The molecule has 1 amide bonds. The van der Waals surface area contributed by atoms with Gasteiger partial charge in [0.15, 0.2) is 0 Å². The molecule has 8 heteroatoms. The molecule has 0 radical (unpaired) electrons. The Morgan fingerprint density at radius 1 is 1.07 bits per heavy atom. The van der Waals surface area contributed by atoms with Crippen LogP contribution in [-0.4, -0.2) is 69.6 Å². The van der Waals surface area contributed by atoms with Crippen molar-refractivity contribution in [3.05, 3.63) is 72.1 Å². The Hall–Kier alpha value is -2.71. The molecule has 3 rings (SSSR count). The molecule has 0 aliphatic carbocycles. The number of hydrogen-bond donors (Lipinski definition) is 0. The topological polar surface area (TPSA) is 60.9 Å². The van der Waals surface area contributed by atoms with Crippen LogP contribution in [-0.2, 0) is 14.8 Å². The second kappa shape index (κ2) is 9.86. The van der Waals surface area contributed by atoms with Crippen LogP contribution in [0.5, 0.6) is 0 Å². The van der Waals surface area contributed by atoms with Crippen LogP contribution in [0.25, 0.3) is 6.08 Å². The molecule has 0 unspecified atom stereocenters. The fourth-order valence-electron chi connectivity index (χ4n) is 3.34. The molecule has 1 aliphatic rings. The van der Waals surface area contributed by atoms with Gasteiger partial charge >= 0.3 is 0 Å². The summed E-state index contributed by atoms with van der Waals surface area (Å²) >= 11 is 0. The lowest BCUT2D eigenvalue weighted by Crippen LogP contribution is -2.51. The Bertz CT molecular complexity index is 988. The molecule has 1 saturated heterocycles. The molecule has 1 fully saturated rings. The molecular weight excluding hydrogens is 405 g/mol. The average molecular weight is 432 g/mol. The number of benzene rings is 2. The highest BCUT2D eigenvalue weighted by Gasteiger charge is 2.26. The van der Waals surface area contributed by atoms with Crippen LogP contribution in [0, 0.1) is 5.82 Å². The van der Waals surface area contributed by atoms with E-state index in [-0.39, 0.29) is 18.1 Å². The maximum Gasteiger partial charge on any atom is 0.243 e. The van der Waals surface area contributed by atoms with Crippen molar-refractivity contribution in [2.75, 3.05) is 49.8 Å². The van der Waals surface area contributed by atoms with Crippen LogP contribution >= 0.6 is 0 Å². The zero-order valence-electron chi connectivity index (χ0n) is 16.9. The number of anilines is 1. The standard InChI is InChI=1S/C22H26FN3O3S/c1-30(28,29)26(21-11-5-10-20(23)17-21)18-22(27)25-15-13-24(14-16-25)12-6-9-19-7-3-2-4-8-19/h2-11,17H,12-16,18H2,1H3. The molecule has 0 N–H and O–H groups in total. The summed E-state index contributed by atoms with van der Waals surface area (Å²) in [6.07, 6.45) is 5.19. The lowest BCUT2D eigenvalue weighted by Gasteiger charge is -2.35. The predicted octanol–water partition coefficient (Wildman–Crippen LogP) is 2.45. The van der Waals surface area contributed by atoms with Crippen LogP contribution in [0.1, 0.15) is 5.56 Å². The lowest BCUT2D eigenvalue weighted by molar-refractivity contribution is -0.131. The largest absolute Gasteiger partial charge is 0.339 e. The van der Waals surface area contributed by atoms with Crippen LogP contribution in [0.2, 0.25) is 0 Å². The van der Waals surface area contributed by atoms with Gasteiger partial charge in [-0.2, -0.15) is 0 Å². The third kappa shape index (κ3) is 6.14. The normalized spacial score (nSPS) is 15.5. The Kier molecular flexibility index (Phi) is 7.23. The van der Waals surface area contributed by atoms with E-state index in [1.54, 1.807) is 4.90 Å². The fourth-order valence-corrected chi connectivity index (χ4v) is 4.18. The van der Waals surface area contributed by atoms with Gasteiger partial charge in [0.1, 0.15) is 12.4 Å². The van der Waals surface area contributed by atoms with Crippen molar-refractivity contribution in [1.82, 2.24) is 9.80 Å². The summed E-state index contributed by atoms with van der Waals surface area (Å²) < 4.78 is 38.8. The van der Waals surface area contributed by atoms with Gasteiger partial charge in [-0.15, -0.1) is 0 Å². The third-order valence-electron chi connectivity index (χ3n) is 4.97. The summed E-state index contributed by atoms with van der Waals surface area (Å²) in [5.41, 5.74) is 1.29. The third-order valence-corrected chi connectivity index (χ3v) is 6.11. The first-order valence-electron chi connectivity index (χ1n) is 9.78. The highest BCUT2D eigenvalue weighted by Crippen LogP contribution is 2.19. The first-order chi connectivity index (χ1) is 14.3. The van der Waals surface area contributed by atoms with E-state index in [9.17, 15) is 17.6 Å². The van der Waals surface area contributed by atoms with Crippen molar-refractivity contribution in [3.63, 3.8) is 0 Å². The van der Waals surface area contributed by atoms with Crippen LogP contribution in [0.4, 0.5) is 10.1 Å². The molecule has 0 bridgehead atoms. The van der Waals surface area contributed by atoms with Gasteiger partial charge in [-0.1, -0.05) is 48.6 Å². The van der Waals surface area contributed by atoms with Gasteiger partial charge in [-0.05, 0) is 23.8 Å². The number of sulfonamides is 1. The zero-order chi connectivity index (χ0) is 21.6. The predicted molar refractivity (Wildman–Crippen MR) is 117 cm³/mol. The van der Waals surface area contributed by atoms with E-state index in [1.165, 1.54) is 18.2 Å². The summed E-state index contributed by atoms with van der Waals surface area (Å²) in [6.45, 7) is 2.93. The van der Waals surface area contributed by atoms with Crippen molar-refractivity contribution < 1.29 is 17.6 Å². The van der Waals surface area contributed by atoms with Gasteiger partial charge in [0.2, 0.25) is 15.9 Å². The molecule has 1 aliphatic heterocycles. The summed E-state index contributed by atoms with van der Waals surface area (Å²) in [5.74, 6) is -0.838. The van der Waals surface area contributed by atoms with E-state index in [2.05, 4.69) is 17.1 Å². The summed E-state index contributed by atoms with van der Waals surface area (Å²) in [4.78, 5) is 16.6. The molecule has 2 aromatic carbocycles. The molecule has 30 heavy (non-hydrogen) atoms. The summed E-state index contributed by atoms with van der Waals surface area (Å²) in [5, 5.41) is 0. The Balaban J connectivity index is 1.54. The number of piperazine rings is 1. The first kappa shape index (κ1) is 22.0. The van der Waals surface area contributed by atoms with Gasteiger partial charge in [0.05, 0.1) is 11.9 Å². The number of halogens is 1. The van der Waals surface area contributed by atoms with Gasteiger partial charge in [-0.25, -0.2) is 12.8 Å². The minimum atomic E-state index is -3.72. The quantitative estimate of drug-likeness (QED) is 0.676. The van der Waals surface area contributed by atoms with E-state index in [4.69, 9.17) is 0 Å². The van der Waals surface area contributed by atoms with Crippen LogP contribution in [0.3, 0.4) is 0 Å². The minimum Gasteiger partial charge on any atom is -0.339 e. The molecular formula is C22H26FN3O3S. The molecule has 0 saturated carbocycles. The second-order valence-electron chi connectivity index (χ2n) is 7.24. The van der Waals surface area contributed by atoms with Crippen LogP contribution in [0.15, 0.2) is 60.7 Å². The molecule has 0 spiro atoms. The highest BCUT2D eigenvalue weighted by atomic mass is 32.2. The number of amides is 1. The van der Waals surface area contributed by atoms with Crippen molar-refractivity contribution >= 4 is 27.7 Å². The molecule has 160 valence electrons. The SMILES string of the molecule is CS(=O)(=O)N(CC(=O)N1CCN(CC=Cc2ccccc2)CC1)c1cccc(F)c1. The molecule has 1 heterocycles. The van der Waals surface area contributed by atoms with Crippen LogP contribution < -0.4 is 4.31 Å². The van der Waals surface area contributed by atoms with E-state index in [0.717, 1.165) is 28.7 Å². The van der Waals surface area contributed by atoms with Gasteiger partial charge in [-0.3, -0.25) is 14.0 Å². The van der Waals surface area contributed by atoms with Crippen molar-refractivity contribution in [3.8, 4) is 0 Å². The summed E-state index contributed by atoms with van der Waals surface area (Å²) in [7, 11) is -3.72. The maximum absolute atomic E-state index is 13.5. The van der Waals surface area contributed by atoms with E-state index >= 15 is 0 Å². The Morgan fingerprint density at radius 3 is 2.40 bits per heavy atom. The molecule has 0 atom stereocenters. The van der Waals surface area contributed by atoms with E-state index < -0.39 is 15.8 Å². The van der Waals surface area contributed by atoms with E-state index in [0.29, 0.717) is 26.2 Å². The van der Waals surface area contributed by atoms with E-state index in [1.807, 2.05) is 30.3 Å². The molecule has 6 nitrogen and oxygen atoms in total. The number of carbonyl (C=O) groups is 1. The van der Waals surface area contributed by atoms with Gasteiger partial charge in [0, 0.05) is 32.7 Å².